The van der Waals surface area contributed by atoms with E-state index in [9.17, 15) is 0 Å². The van der Waals surface area contributed by atoms with Gasteiger partial charge in [0.1, 0.15) is 11.3 Å². The van der Waals surface area contributed by atoms with Crippen LogP contribution in [0.25, 0.3) is 22.6 Å². The Balaban J connectivity index is 2.33. The first-order chi connectivity index (χ1) is 10.1. The van der Waals surface area contributed by atoms with Crippen LogP contribution in [0.3, 0.4) is 0 Å². The Bertz CT molecular complexity index is 794. The van der Waals surface area contributed by atoms with Gasteiger partial charge in [-0.1, -0.05) is 35.9 Å². The Morgan fingerprint density at radius 1 is 1.33 bits per heavy atom. The molecule has 0 saturated carbocycles. The predicted octanol–water partition coefficient (Wildman–Crippen LogP) is 3.58. The van der Waals surface area contributed by atoms with Gasteiger partial charge in [-0.15, -0.1) is 0 Å². The van der Waals surface area contributed by atoms with Crippen molar-refractivity contribution in [2.75, 3.05) is 6.54 Å². The minimum absolute atomic E-state index is 0.110. The zero-order chi connectivity index (χ0) is 15.0. The Kier molecular flexibility index (Phi) is 3.66. The van der Waals surface area contributed by atoms with E-state index in [1.807, 2.05) is 18.2 Å². The van der Waals surface area contributed by atoms with Crippen molar-refractivity contribution in [3.8, 4) is 11.4 Å². The summed E-state index contributed by atoms with van der Waals surface area (Å²) in [6, 6.07) is 10.1. The molecule has 0 saturated heterocycles. The Morgan fingerprint density at radius 3 is 2.81 bits per heavy atom. The number of halogens is 1. The molecule has 108 valence electrons. The molecule has 2 aromatic heterocycles. The summed E-state index contributed by atoms with van der Waals surface area (Å²) in [5.41, 5.74) is 9.74. The van der Waals surface area contributed by atoms with Crippen LogP contribution in [0.4, 0.5) is 0 Å². The lowest BCUT2D eigenvalue weighted by molar-refractivity contribution is 0.575. The summed E-state index contributed by atoms with van der Waals surface area (Å²) in [7, 11) is 0. The maximum absolute atomic E-state index is 6.03. The van der Waals surface area contributed by atoms with Gasteiger partial charge in [-0.2, -0.15) is 0 Å². The van der Waals surface area contributed by atoms with E-state index in [2.05, 4.69) is 35.5 Å². The summed E-state index contributed by atoms with van der Waals surface area (Å²) in [5, 5.41) is 0.587. The van der Waals surface area contributed by atoms with Gasteiger partial charge in [-0.25, -0.2) is 9.97 Å². The summed E-state index contributed by atoms with van der Waals surface area (Å²) in [4.78, 5) is 9.17. The summed E-state index contributed by atoms with van der Waals surface area (Å²) in [6.07, 6.45) is 1.65. The van der Waals surface area contributed by atoms with Crippen molar-refractivity contribution in [2.24, 2.45) is 5.73 Å². The molecule has 1 aromatic carbocycles. The van der Waals surface area contributed by atoms with Crippen LogP contribution in [0.5, 0.6) is 0 Å². The highest BCUT2D eigenvalue weighted by Gasteiger charge is 2.18. The van der Waals surface area contributed by atoms with E-state index in [-0.39, 0.29) is 6.04 Å². The summed E-state index contributed by atoms with van der Waals surface area (Å²) in [6.45, 7) is 4.67. The molecule has 0 bridgehead atoms. The van der Waals surface area contributed by atoms with Gasteiger partial charge in [0, 0.05) is 24.3 Å². The number of pyridine rings is 1. The number of benzene rings is 1. The monoisotopic (exact) mass is 300 g/mol. The van der Waals surface area contributed by atoms with E-state index in [4.69, 9.17) is 22.3 Å². The van der Waals surface area contributed by atoms with Crippen molar-refractivity contribution in [1.82, 2.24) is 14.5 Å². The zero-order valence-electron chi connectivity index (χ0n) is 12.0. The van der Waals surface area contributed by atoms with Gasteiger partial charge >= 0.3 is 0 Å². The van der Waals surface area contributed by atoms with E-state index in [1.165, 1.54) is 5.56 Å². The molecular weight excluding hydrogens is 284 g/mol. The van der Waals surface area contributed by atoms with E-state index in [1.54, 1.807) is 6.20 Å². The van der Waals surface area contributed by atoms with Crippen molar-refractivity contribution in [2.45, 2.75) is 19.9 Å². The maximum Gasteiger partial charge on any atom is 0.160 e. The summed E-state index contributed by atoms with van der Waals surface area (Å²) in [5.74, 6) is 0.885. The smallest absolute Gasteiger partial charge is 0.160 e. The third-order valence-corrected chi connectivity index (χ3v) is 3.87. The van der Waals surface area contributed by atoms with Crippen molar-refractivity contribution in [3.05, 3.63) is 47.1 Å². The van der Waals surface area contributed by atoms with Gasteiger partial charge in [-0.05, 0) is 25.5 Å². The number of nitrogens with two attached hydrogens (primary N) is 1. The highest BCUT2D eigenvalue weighted by atomic mass is 35.5. The third-order valence-electron chi connectivity index (χ3n) is 3.66. The van der Waals surface area contributed by atoms with E-state index in [0.29, 0.717) is 11.6 Å². The number of hydrogen-bond acceptors (Lipinski definition) is 3. The van der Waals surface area contributed by atoms with Crippen molar-refractivity contribution < 1.29 is 0 Å². The molecule has 1 atom stereocenters. The van der Waals surface area contributed by atoms with Gasteiger partial charge in [0.2, 0.25) is 0 Å². The standard InChI is InChI=1S/C16H17ClN4/c1-10-5-3-4-6-13(10)15-20-14-7-12(17)9-19-16(14)21(15)11(2)8-18/h3-7,9,11H,8,18H2,1-2H3. The minimum Gasteiger partial charge on any atom is -0.328 e. The van der Waals surface area contributed by atoms with E-state index in [0.717, 1.165) is 22.6 Å². The molecule has 3 rings (SSSR count). The topological polar surface area (TPSA) is 56.7 Å². The molecule has 5 heteroatoms. The average Bonchev–Trinajstić information content (AvgIpc) is 2.85. The van der Waals surface area contributed by atoms with Crippen LogP contribution >= 0.6 is 11.6 Å². The first kappa shape index (κ1) is 14.0. The van der Waals surface area contributed by atoms with Gasteiger partial charge in [0.15, 0.2) is 5.65 Å². The van der Waals surface area contributed by atoms with Crippen molar-refractivity contribution in [3.63, 3.8) is 0 Å². The summed E-state index contributed by atoms with van der Waals surface area (Å²) < 4.78 is 2.09. The molecule has 0 aliphatic heterocycles. The molecule has 2 heterocycles. The van der Waals surface area contributed by atoms with Crippen LogP contribution in [0.15, 0.2) is 36.5 Å². The molecule has 0 aliphatic carbocycles. The van der Waals surface area contributed by atoms with Crippen LogP contribution in [-0.4, -0.2) is 21.1 Å². The SMILES string of the molecule is Cc1ccccc1-c1nc2cc(Cl)cnc2n1C(C)CN. The van der Waals surface area contributed by atoms with Gasteiger partial charge in [0.05, 0.1) is 5.02 Å². The summed E-state index contributed by atoms with van der Waals surface area (Å²) >= 11 is 6.03. The molecule has 2 N–H and O–H groups in total. The number of rotatable bonds is 3. The Morgan fingerprint density at radius 2 is 2.10 bits per heavy atom. The second kappa shape index (κ2) is 5.47. The molecule has 3 aromatic rings. The fraction of sp³-hybridized carbons (Fsp3) is 0.250. The quantitative estimate of drug-likeness (QED) is 0.804. The van der Waals surface area contributed by atoms with Crippen LogP contribution in [0, 0.1) is 6.92 Å². The Labute approximate surface area is 128 Å². The Hall–Kier alpha value is -1.91. The first-order valence-electron chi connectivity index (χ1n) is 6.91. The molecule has 0 spiro atoms. The van der Waals surface area contributed by atoms with E-state index < -0.39 is 0 Å². The van der Waals surface area contributed by atoms with E-state index >= 15 is 0 Å². The van der Waals surface area contributed by atoms with Gasteiger partial charge in [0.25, 0.3) is 0 Å². The molecular formula is C16H17ClN4. The number of imidazole rings is 1. The molecule has 0 radical (unpaired) electrons. The molecule has 21 heavy (non-hydrogen) atoms. The maximum atomic E-state index is 6.03. The normalized spacial score (nSPS) is 12.8. The van der Waals surface area contributed by atoms with Crippen LogP contribution in [0.2, 0.25) is 5.02 Å². The van der Waals surface area contributed by atoms with Crippen molar-refractivity contribution >= 4 is 22.8 Å². The molecule has 1 unspecified atom stereocenters. The number of nitrogens with zero attached hydrogens (tertiary/aromatic N) is 3. The molecule has 0 aliphatic rings. The average molecular weight is 301 g/mol. The number of aromatic nitrogens is 3. The number of hydrogen-bond donors (Lipinski definition) is 1. The minimum atomic E-state index is 0.110. The largest absolute Gasteiger partial charge is 0.328 e. The number of aryl methyl sites for hydroxylation is 1. The first-order valence-corrected chi connectivity index (χ1v) is 7.29. The lowest BCUT2D eigenvalue weighted by atomic mass is 10.1. The third kappa shape index (κ3) is 2.41. The van der Waals surface area contributed by atoms with Crippen LogP contribution in [-0.2, 0) is 0 Å². The molecule has 0 fully saturated rings. The molecule has 0 amide bonds. The second-order valence-corrected chi connectivity index (χ2v) is 5.64. The van der Waals surface area contributed by atoms with Gasteiger partial charge in [-0.3, -0.25) is 0 Å². The van der Waals surface area contributed by atoms with Crippen molar-refractivity contribution in [1.29, 1.82) is 0 Å². The molecule has 4 nitrogen and oxygen atoms in total. The fourth-order valence-corrected chi connectivity index (χ4v) is 2.65. The van der Waals surface area contributed by atoms with Gasteiger partial charge < -0.3 is 10.3 Å². The lowest BCUT2D eigenvalue weighted by Crippen LogP contribution is -2.17. The fourth-order valence-electron chi connectivity index (χ4n) is 2.49. The second-order valence-electron chi connectivity index (χ2n) is 5.20. The highest BCUT2D eigenvalue weighted by molar-refractivity contribution is 6.31. The predicted molar refractivity (Wildman–Crippen MR) is 86.5 cm³/mol. The lowest BCUT2D eigenvalue weighted by Gasteiger charge is -2.16. The zero-order valence-corrected chi connectivity index (χ0v) is 12.8. The number of fused-ring (bicyclic) bond motifs is 1. The van der Waals surface area contributed by atoms with Crippen LogP contribution in [0.1, 0.15) is 18.5 Å². The highest BCUT2D eigenvalue weighted by Crippen LogP contribution is 2.30. The van der Waals surface area contributed by atoms with Crippen LogP contribution < -0.4 is 5.73 Å².